The first-order valence-corrected chi connectivity index (χ1v) is 7.58. The smallest absolute Gasteiger partial charge is 0.191 e. The van der Waals surface area contributed by atoms with Crippen molar-refractivity contribution in [2.24, 2.45) is 10.9 Å². The van der Waals surface area contributed by atoms with Gasteiger partial charge < -0.3 is 15.4 Å². The third-order valence-electron chi connectivity index (χ3n) is 3.53. The molecule has 1 atom stereocenters. The lowest BCUT2D eigenvalue weighted by Crippen LogP contribution is -2.43. The summed E-state index contributed by atoms with van der Waals surface area (Å²) in [6.45, 7) is 3.66. The van der Waals surface area contributed by atoms with Crippen molar-refractivity contribution in [2.75, 3.05) is 20.1 Å². The summed E-state index contributed by atoms with van der Waals surface area (Å²) in [6, 6.07) is 6.24. The molecule has 1 aromatic carbocycles. The van der Waals surface area contributed by atoms with E-state index in [1.54, 1.807) is 19.2 Å². The molecule has 2 rings (SSSR count). The van der Waals surface area contributed by atoms with Crippen LogP contribution >= 0.6 is 0 Å². The second kappa shape index (κ2) is 7.86. The minimum atomic E-state index is -0.280. The number of nitrogens with zero attached hydrogens (tertiary/aromatic N) is 1. The molecular weight excluding hydrogens is 269 g/mol. The van der Waals surface area contributed by atoms with Gasteiger partial charge in [0.1, 0.15) is 17.7 Å². The molecule has 0 heterocycles. The van der Waals surface area contributed by atoms with Gasteiger partial charge in [0, 0.05) is 19.7 Å². The zero-order valence-electron chi connectivity index (χ0n) is 12.7. The van der Waals surface area contributed by atoms with E-state index in [2.05, 4.69) is 15.6 Å². The number of aliphatic imine (C=N–C) groups is 1. The first-order chi connectivity index (χ1) is 10.2. The van der Waals surface area contributed by atoms with Crippen LogP contribution in [0.2, 0.25) is 0 Å². The minimum Gasteiger partial charge on any atom is -0.489 e. The van der Waals surface area contributed by atoms with Gasteiger partial charge in [0.05, 0.1) is 6.54 Å². The summed E-state index contributed by atoms with van der Waals surface area (Å²) in [6.07, 6.45) is 3.43. The van der Waals surface area contributed by atoms with Crippen molar-refractivity contribution >= 4 is 5.96 Å². The molecule has 0 radical (unpaired) electrons. The highest BCUT2D eigenvalue weighted by Gasteiger charge is 2.21. The van der Waals surface area contributed by atoms with Crippen LogP contribution in [0.1, 0.15) is 26.2 Å². The molecule has 21 heavy (non-hydrogen) atoms. The molecule has 2 N–H and O–H groups in total. The van der Waals surface area contributed by atoms with Gasteiger partial charge in [-0.05, 0) is 37.3 Å². The number of ether oxygens (including phenoxy) is 1. The molecule has 1 saturated carbocycles. The van der Waals surface area contributed by atoms with Crippen molar-refractivity contribution in [3.63, 3.8) is 0 Å². The van der Waals surface area contributed by atoms with E-state index in [4.69, 9.17) is 4.74 Å². The van der Waals surface area contributed by atoms with Crippen LogP contribution in [-0.2, 0) is 0 Å². The number of halogens is 1. The number of hydrogen-bond donors (Lipinski definition) is 2. The number of rotatable bonds is 7. The maximum Gasteiger partial charge on any atom is 0.191 e. The Morgan fingerprint density at radius 1 is 1.43 bits per heavy atom. The molecular formula is C16H24FN3O. The summed E-state index contributed by atoms with van der Waals surface area (Å²) in [4.78, 5) is 4.19. The fraction of sp³-hybridized carbons (Fsp3) is 0.562. The molecule has 1 aliphatic rings. The van der Waals surface area contributed by atoms with Crippen molar-refractivity contribution < 1.29 is 9.13 Å². The zero-order chi connectivity index (χ0) is 15.1. The average Bonchev–Trinajstić information content (AvgIpc) is 3.30. The van der Waals surface area contributed by atoms with E-state index in [-0.39, 0.29) is 11.9 Å². The van der Waals surface area contributed by atoms with Crippen LogP contribution < -0.4 is 15.4 Å². The van der Waals surface area contributed by atoms with E-state index in [1.165, 1.54) is 25.0 Å². The Kier molecular flexibility index (Phi) is 5.84. The van der Waals surface area contributed by atoms with Crippen LogP contribution in [-0.4, -0.2) is 32.2 Å². The Morgan fingerprint density at radius 3 is 2.86 bits per heavy atom. The highest BCUT2D eigenvalue weighted by Crippen LogP contribution is 2.27. The Hall–Kier alpha value is -1.78. The number of nitrogens with one attached hydrogen (secondary N) is 2. The zero-order valence-corrected chi connectivity index (χ0v) is 12.7. The molecule has 1 fully saturated rings. The third kappa shape index (κ3) is 5.61. The van der Waals surface area contributed by atoms with Crippen LogP contribution in [0.3, 0.4) is 0 Å². The van der Waals surface area contributed by atoms with E-state index in [9.17, 15) is 4.39 Å². The van der Waals surface area contributed by atoms with Gasteiger partial charge in [-0.2, -0.15) is 0 Å². The van der Waals surface area contributed by atoms with Gasteiger partial charge in [-0.15, -0.1) is 0 Å². The second-order valence-electron chi connectivity index (χ2n) is 5.38. The lowest BCUT2D eigenvalue weighted by molar-refractivity contribution is 0.199. The van der Waals surface area contributed by atoms with Crippen molar-refractivity contribution in [3.05, 3.63) is 30.1 Å². The predicted octanol–water partition coefficient (Wildman–Crippen LogP) is 2.56. The molecule has 1 aromatic rings. The van der Waals surface area contributed by atoms with Crippen LogP contribution in [0, 0.1) is 11.7 Å². The fourth-order valence-electron chi connectivity index (χ4n) is 2.00. The molecule has 0 aliphatic heterocycles. The summed E-state index contributed by atoms with van der Waals surface area (Å²) < 4.78 is 18.9. The molecule has 0 amide bonds. The van der Waals surface area contributed by atoms with Gasteiger partial charge in [-0.25, -0.2) is 4.39 Å². The highest BCUT2D eigenvalue weighted by atomic mass is 19.1. The first kappa shape index (κ1) is 15.6. The van der Waals surface area contributed by atoms with Crippen molar-refractivity contribution in [1.82, 2.24) is 10.6 Å². The average molecular weight is 293 g/mol. The molecule has 0 spiro atoms. The Morgan fingerprint density at radius 2 is 2.24 bits per heavy atom. The number of benzene rings is 1. The Balaban J connectivity index is 1.77. The van der Waals surface area contributed by atoms with Crippen LogP contribution in [0.25, 0.3) is 0 Å². The standard InChI is InChI=1S/C16H24FN3O/c1-3-14(21-15-6-4-5-13(17)9-15)11-20-16(18-2)19-10-12-7-8-12/h4-6,9,12,14H,3,7-8,10-11H2,1-2H3,(H2,18,19,20). The van der Waals surface area contributed by atoms with Gasteiger partial charge in [0.15, 0.2) is 5.96 Å². The van der Waals surface area contributed by atoms with E-state index in [0.29, 0.717) is 12.3 Å². The maximum absolute atomic E-state index is 13.1. The van der Waals surface area contributed by atoms with Crippen LogP contribution in [0.15, 0.2) is 29.3 Å². The van der Waals surface area contributed by atoms with Crippen molar-refractivity contribution in [2.45, 2.75) is 32.3 Å². The van der Waals surface area contributed by atoms with E-state index < -0.39 is 0 Å². The van der Waals surface area contributed by atoms with Crippen molar-refractivity contribution in [3.8, 4) is 5.75 Å². The molecule has 116 valence electrons. The molecule has 0 bridgehead atoms. The maximum atomic E-state index is 13.1. The first-order valence-electron chi connectivity index (χ1n) is 7.58. The van der Waals surface area contributed by atoms with Gasteiger partial charge >= 0.3 is 0 Å². The molecule has 0 saturated heterocycles. The van der Waals surface area contributed by atoms with E-state index in [0.717, 1.165) is 24.8 Å². The van der Waals surface area contributed by atoms with Gasteiger partial charge in [-0.3, -0.25) is 4.99 Å². The minimum absolute atomic E-state index is 0.0220. The normalized spacial score (nSPS) is 16.4. The SMILES string of the molecule is CCC(CNC(=NC)NCC1CC1)Oc1cccc(F)c1. The van der Waals surface area contributed by atoms with Gasteiger partial charge in [-0.1, -0.05) is 13.0 Å². The van der Waals surface area contributed by atoms with Gasteiger partial charge in [0.25, 0.3) is 0 Å². The number of hydrogen-bond acceptors (Lipinski definition) is 2. The number of guanidine groups is 1. The highest BCUT2D eigenvalue weighted by molar-refractivity contribution is 5.79. The summed E-state index contributed by atoms with van der Waals surface area (Å²) in [7, 11) is 1.76. The molecule has 4 nitrogen and oxygen atoms in total. The summed E-state index contributed by atoms with van der Waals surface area (Å²) in [5.41, 5.74) is 0. The van der Waals surface area contributed by atoms with Crippen LogP contribution in [0.4, 0.5) is 4.39 Å². The van der Waals surface area contributed by atoms with Crippen molar-refractivity contribution in [1.29, 1.82) is 0 Å². The lowest BCUT2D eigenvalue weighted by atomic mass is 10.2. The Labute approximate surface area is 125 Å². The van der Waals surface area contributed by atoms with Crippen LogP contribution in [0.5, 0.6) is 5.75 Å². The monoisotopic (exact) mass is 293 g/mol. The topological polar surface area (TPSA) is 45.7 Å². The second-order valence-corrected chi connectivity index (χ2v) is 5.38. The van der Waals surface area contributed by atoms with E-state index in [1.807, 2.05) is 6.92 Å². The molecule has 1 aliphatic carbocycles. The quantitative estimate of drug-likeness (QED) is 0.600. The van der Waals surface area contributed by atoms with Gasteiger partial charge in [0.2, 0.25) is 0 Å². The predicted molar refractivity (Wildman–Crippen MR) is 83.2 cm³/mol. The molecule has 5 heteroatoms. The lowest BCUT2D eigenvalue weighted by Gasteiger charge is -2.20. The Bertz CT molecular complexity index is 474. The third-order valence-corrected chi connectivity index (χ3v) is 3.53. The molecule has 0 aromatic heterocycles. The summed E-state index contributed by atoms with van der Waals surface area (Å²) in [5, 5.41) is 6.57. The van der Waals surface area contributed by atoms with E-state index >= 15 is 0 Å². The fourth-order valence-corrected chi connectivity index (χ4v) is 2.00. The summed E-state index contributed by atoms with van der Waals surface area (Å²) >= 11 is 0. The largest absolute Gasteiger partial charge is 0.489 e. The molecule has 1 unspecified atom stereocenters. The summed E-state index contributed by atoms with van der Waals surface area (Å²) in [5.74, 6) is 1.87.